The van der Waals surface area contributed by atoms with E-state index in [1.807, 2.05) is 6.92 Å². The third-order valence-electron chi connectivity index (χ3n) is 4.49. The standard InChI is InChI=1S/C18H20F3N3/c1-12(14-6-15(19)10-22-9-14)23-8-13-4-5-24(11-13)16-2-3-17(20)18(21)7-16/h2-3,6-7,9-10,12-13,23H,4-5,8,11H2,1H3/t12-,13-/m0/s1. The van der Waals surface area contributed by atoms with Crippen molar-refractivity contribution in [1.29, 1.82) is 0 Å². The maximum Gasteiger partial charge on any atom is 0.160 e. The van der Waals surface area contributed by atoms with Gasteiger partial charge in [0.15, 0.2) is 11.6 Å². The lowest BCUT2D eigenvalue weighted by atomic mass is 10.1. The molecule has 0 aliphatic carbocycles. The van der Waals surface area contributed by atoms with E-state index >= 15 is 0 Å². The number of nitrogens with one attached hydrogen (secondary N) is 1. The van der Waals surface area contributed by atoms with Gasteiger partial charge >= 0.3 is 0 Å². The number of benzene rings is 1. The van der Waals surface area contributed by atoms with Crippen LogP contribution in [-0.4, -0.2) is 24.6 Å². The van der Waals surface area contributed by atoms with Gasteiger partial charge in [-0.25, -0.2) is 13.2 Å². The zero-order chi connectivity index (χ0) is 17.1. The molecular formula is C18H20F3N3. The van der Waals surface area contributed by atoms with Crippen molar-refractivity contribution in [3.8, 4) is 0 Å². The SMILES string of the molecule is C[C@H](NC[C@@H]1CCN(c2ccc(F)c(F)c2)C1)c1cncc(F)c1. The van der Waals surface area contributed by atoms with Crippen molar-refractivity contribution in [2.75, 3.05) is 24.5 Å². The molecule has 6 heteroatoms. The first kappa shape index (κ1) is 16.8. The van der Waals surface area contributed by atoms with E-state index in [1.54, 1.807) is 12.3 Å². The summed E-state index contributed by atoms with van der Waals surface area (Å²) in [6.07, 6.45) is 3.82. The number of aromatic nitrogens is 1. The molecule has 0 unspecified atom stereocenters. The Kier molecular flexibility index (Phi) is 5.04. The first-order valence-electron chi connectivity index (χ1n) is 8.07. The Morgan fingerprint density at radius 2 is 2.04 bits per heavy atom. The minimum absolute atomic E-state index is 0.00511. The van der Waals surface area contributed by atoms with Crippen LogP contribution in [0, 0.1) is 23.4 Å². The van der Waals surface area contributed by atoms with Gasteiger partial charge in [0.2, 0.25) is 0 Å². The van der Waals surface area contributed by atoms with Crippen LogP contribution >= 0.6 is 0 Å². The highest BCUT2D eigenvalue weighted by atomic mass is 19.2. The van der Waals surface area contributed by atoms with Gasteiger partial charge in [-0.1, -0.05) is 0 Å². The third-order valence-corrected chi connectivity index (χ3v) is 4.49. The van der Waals surface area contributed by atoms with Crippen LogP contribution in [0.25, 0.3) is 0 Å². The van der Waals surface area contributed by atoms with Gasteiger partial charge < -0.3 is 10.2 Å². The monoisotopic (exact) mass is 335 g/mol. The van der Waals surface area contributed by atoms with Crippen molar-refractivity contribution < 1.29 is 13.2 Å². The van der Waals surface area contributed by atoms with E-state index in [-0.39, 0.29) is 11.9 Å². The molecule has 2 heterocycles. The van der Waals surface area contributed by atoms with Crippen molar-refractivity contribution >= 4 is 5.69 Å². The van der Waals surface area contributed by atoms with Crippen LogP contribution in [0.2, 0.25) is 0 Å². The van der Waals surface area contributed by atoms with Crippen molar-refractivity contribution in [2.45, 2.75) is 19.4 Å². The fourth-order valence-electron chi connectivity index (χ4n) is 3.04. The van der Waals surface area contributed by atoms with Gasteiger partial charge in [0.05, 0.1) is 6.20 Å². The van der Waals surface area contributed by atoms with E-state index in [0.29, 0.717) is 11.6 Å². The second-order valence-electron chi connectivity index (χ2n) is 6.27. The molecule has 0 radical (unpaired) electrons. The molecule has 128 valence electrons. The zero-order valence-electron chi connectivity index (χ0n) is 13.5. The van der Waals surface area contributed by atoms with E-state index in [9.17, 15) is 13.2 Å². The fourth-order valence-corrected chi connectivity index (χ4v) is 3.04. The molecule has 1 aromatic carbocycles. The molecule has 2 atom stereocenters. The highest BCUT2D eigenvalue weighted by molar-refractivity contribution is 5.47. The predicted molar refractivity (Wildman–Crippen MR) is 87.3 cm³/mol. The number of anilines is 1. The van der Waals surface area contributed by atoms with Crippen molar-refractivity contribution in [3.63, 3.8) is 0 Å². The van der Waals surface area contributed by atoms with E-state index < -0.39 is 11.6 Å². The fraction of sp³-hybridized carbons (Fsp3) is 0.389. The highest BCUT2D eigenvalue weighted by Gasteiger charge is 2.23. The van der Waals surface area contributed by atoms with E-state index in [1.165, 1.54) is 18.3 Å². The molecule has 0 bridgehead atoms. The minimum atomic E-state index is -0.825. The maximum atomic E-state index is 13.4. The molecule has 3 nitrogen and oxygen atoms in total. The second-order valence-corrected chi connectivity index (χ2v) is 6.27. The van der Waals surface area contributed by atoms with Crippen LogP contribution in [0.1, 0.15) is 24.9 Å². The second kappa shape index (κ2) is 7.21. The smallest absolute Gasteiger partial charge is 0.160 e. The molecule has 1 aliphatic rings. The minimum Gasteiger partial charge on any atom is -0.371 e. The Morgan fingerprint density at radius 3 is 2.79 bits per heavy atom. The van der Waals surface area contributed by atoms with Gasteiger partial charge in [0.25, 0.3) is 0 Å². The van der Waals surface area contributed by atoms with Gasteiger partial charge in [0, 0.05) is 43.6 Å². The number of hydrogen-bond acceptors (Lipinski definition) is 3. The Labute approximate surface area is 139 Å². The van der Waals surface area contributed by atoms with Gasteiger partial charge in [0.1, 0.15) is 5.82 Å². The lowest BCUT2D eigenvalue weighted by molar-refractivity contribution is 0.470. The Bertz CT molecular complexity index is 708. The molecule has 2 aromatic rings. The molecular weight excluding hydrogens is 315 g/mol. The van der Waals surface area contributed by atoms with Crippen LogP contribution < -0.4 is 10.2 Å². The number of rotatable bonds is 5. The first-order valence-corrected chi connectivity index (χ1v) is 8.07. The van der Waals surface area contributed by atoms with Crippen molar-refractivity contribution in [1.82, 2.24) is 10.3 Å². The topological polar surface area (TPSA) is 28.2 Å². The Balaban J connectivity index is 1.53. The van der Waals surface area contributed by atoms with Gasteiger partial charge in [-0.3, -0.25) is 4.98 Å². The van der Waals surface area contributed by atoms with Crippen molar-refractivity contribution in [2.24, 2.45) is 5.92 Å². The molecule has 1 fully saturated rings. The molecule has 3 rings (SSSR count). The Morgan fingerprint density at radius 1 is 1.21 bits per heavy atom. The van der Waals surface area contributed by atoms with E-state index in [2.05, 4.69) is 15.2 Å². The van der Waals surface area contributed by atoms with Crippen LogP contribution in [-0.2, 0) is 0 Å². The molecule has 1 aromatic heterocycles. The molecule has 0 amide bonds. The normalized spacial score (nSPS) is 18.8. The van der Waals surface area contributed by atoms with Gasteiger partial charge in [-0.15, -0.1) is 0 Å². The zero-order valence-corrected chi connectivity index (χ0v) is 13.5. The average Bonchev–Trinajstić information content (AvgIpc) is 3.04. The van der Waals surface area contributed by atoms with Crippen molar-refractivity contribution in [3.05, 3.63) is 59.7 Å². The molecule has 0 saturated carbocycles. The molecule has 1 saturated heterocycles. The summed E-state index contributed by atoms with van der Waals surface area (Å²) in [6, 6.07) is 5.49. The summed E-state index contributed by atoms with van der Waals surface area (Å²) in [4.78, 5) is 5.92. The molecule has 1 aliphatic heterocycles. The van der Waals surface area contributed by atoms with Gasteiger partial charge in [-0.05, 0) is 43.0 Å². The highest BCUT2D eigenvalue weighted by Crippen LogP contribution is 2.25. The molecule has 1 N–H and O–H groups in total. The number of pyridine rings is 1. The number of nitrogens with zero attached hydrogens (tertiary/aromatic N) is 2. The summed E-state index contributed by atoms with van der Waals surface area (Å²) in [5, 5.41) is 3.39. The quantitative estimate of drug-likeness (QED) is 0.903. The van der Waals surface area contributed by atoms with Crippen LogP contribution in [0.15, 0.2) is 36.7 Å². The average molecular weight is 335 g/mol. The number of halogens is 3. The van der Waals surface area contributed by atoms with Crippen LogP contribution in [0.3, 0.4) is 0 Å². The summed E-state index contributed by atoms with van der Waals surface area (Å²) in [5.74, 6) is -1.58. The largest absolute Gasteiger partial charge is 0.371 e. The van der Waals surface area contributed by atoms with Crippen LogP contribution in [0.5, 0.6) is 0 Å². The summed E-state index contributed by atoms with van der Waals surface area (Å²) >= 11 is 0. The lowest BCUT2D eigenvalue weighted by Crippen LogP contribution is -2.28. The van der Waals surface area contributed by atoms with Crippen LogP contribution in [0.4, 0.5) is 18.9 Å². The summed E-state index contributed by atoms with van der Waals surface area (Å²) < 4.78 is 39.6. The summed E-state index contributed by atoms with van der Waals surface area (Å²) in [5.41, 5.74) is 1.52. The van der Waals surface area contributed by atoms with E-state index in [0.717, 1.165) is 37.7 Å². The van der Waals surface area contributed by atoms with Gasteiger partial charge in [-0.2, -0.15) is 0 Å². The third kappa shape index (κ3) is 3.87. The number of hydrogen-bond donors (Lipinski definition) is 1. The Hall–Kier alpha value is -2.08. The molecule has 24 heavy (non-hydrogen) atoms. The summed E-state index contributed by atoms with van der Waals surface area (Å²) in [6.45, 7) is 4.34. The lowest BCUT2D eigenvalue weighted by Gasteiger charge is -2.20. The summed E-state index contributed by atoms with van der Waals surface area (Å²) in [7, 11) is 0. The first-order chi connectivity index (χ1) is 11.5. The van der Waals surface area contributed by atoms with E-state index in [4.69, 9.17) is 0 Å². The molecule has 0 spiro atoms. The predicted octanol–water partition coefficient (Wildman–Crippen LogP) is 3.68. The maximum absolute atomic E-state index is 13.4.